The van der Waals surface area contributed by atoms with E-state index in [1.54, 1.807) is 18.5 Å². The van der Waals surface area contributed by atoms with Gasteiger partial charge in [0.1, 0.15) is 0 Å². The van der Waals surface area contributed by atoms with Gasteiger partial charge in [-0.15, -0.1) is 0 Å². The van der Waals surface area contributed by atoms with Crippen LogP contribution in [-0.4, -0.2) is 31.3 Å². The molecule has 0 fully saturated rings. The minimum Gasteiger partial charge on any atom is -0.368 e. The molecule has 7 heteroatoms. The molecule has 0 radical (unpaired) electrons. The molecule has 0 aromatic carbocycles. The lowest BCUT2D eigenvalue weighted by Crippen LogP contribution is -2.11. The minimum absolute atomic E-state index is 0.173. The Hall–Kier alpha value is -2.18. The Labute approximate surface area is 86.4 Å². The molecule has 15 heavy (non-hydrogen) atoms. The van der Waals surface area contributed by atoms with E-state index in [1.165, 1.54) is 4.68 Å². The molecule has 0 saturated carbocycles. The highest BCUT2D eigenvalue weighted by Gasteiger charge is 2.04. The van der Waals surface area contributed by atoms with Gasteiger partial charge < -0.3 is 11.1 Å². The fraction of sp³-hybridized carbons (Fsp3) is 0.250. The van der Waals surface area contributed by atoms with Crippen molar-refractivity contribution >= 4 is 11.9 Å². The van der Waals surface area contributed by atoms with Crippen molar-refractivity contribution in [1.29, 1.82) is 0 Å². The standard InChI is InChI=1S/C8H11N7/c1-2-10-7-12-6(9)13-8(14-7)15-5-3-4-11-15/h3-5H,2H2,1H3,(H3,9,10,12,13,14). The molecule has 2 aromatic heterocycles. The number of anilines is 2. The second kappa shape index (κ2) is 3.91. The van der Waals surface area contributed by atoms with Crippen LogP contribution in [0.5, 0.6) is 0 Å². The molecule has 0 bridgehead atoms. The molecule has 2 aromatic rings. The number of hydrogen-bond donors (Lipinski definition) is 2. The molecule has 0 aliphatic heterocycles. The molecule has 0 spiro atoms. The highest BCUT2D eigenvalue weighted by atomic mass is 15.4. The molecule has 0 atom stereocenters. The van der Waals surface area contributed by atoms with Gasteiger partial charge in [0, 0.05) is 18.9 Å². The lowest BCUT2D eigenvalue weighted by molar-refractivity contribution is 0.799. The van der Waals surface area contributed by atoms with Gasteiger partial charge in [-0.25, -0.2) is 4.68 Å². The zero-order chi connectivity index (χ0) is 10.7. The quantitative estimate of drug-likeness (QED) is 0.736. The molecular weight excluding hydrogens is 194 g/mol. The summed E-state index contributed by atoms with van der Waals surface area (Å²) in [5, 5.41) is 6.98. The van der Waals surface area contributed by atoms with Crippen LogP contribution in [0, 0.1) is 0 Å². The lowest BCUT2D eigenvalue weighted by atomic mass is 10.7. The minimum atomic E-state index is 0.173. The van der Waals surface area contributed by atoms with Crippen LogP contribution in [0.15, 0.2) is 18.5 Å². The van der Waals surface area contributed by atoms with Gasteiger partial charge in [-0.1, -0.05) is 0 Å². The fourth-order valence-corrected chi connectivity index (χ4v) is 1.11. The molecule has 2 rings (SSSR count). The van der Waals surface area contributed by atoms with E-state index in [-0.39, 0.29) is 5.95 Å². The summed E-state index contributed by atoms with van der Waals surface area (Å²) in [7, 11) is 0. The van der Waals surface area contributed by atoms with E-state index >= 15 is 0 Å². The normalized spacial score (nSPS) is 10.2. The third kappa shape index (κ3) is 2.01. The first-order valence-electron chi connectivity index (χ1n) is 4.55. The van der Waals surface area contributed by atoms with Crippen LogP contribution in [0.3, 0.4) is 0 Å². The highest BCUT2D eigenvalue weighted by Crippen LogP contribution is 2.05. The van der Waals surface area contributed by atoms with Crippen molar-refractivity contribution in [3.63, 3.8) is 0 Å². The van der Waals surface area contributed by atoms with Gasteiger partial charge in [-0.2, -0.15) is 20.1 Å². The zero-order valence-corrected chi connectivity index (χ0v) is 8.25. The van der Waals surface area contributed by atoms with Crippen LogP contribution >= 0.6 is 0 Å². The Bertz CT molecular complexity index is 436. The van der Waals surface area contributed by atoms with Crippen LogP contribution in [0.4, 0.5) is 11.9 Å². The van der Waals surface area contributed by atoms with Crippen LogP contribution < -0.4 is 11.1 Å². The number of nitrogens with one attached hydrogen (secondary N) is 1. The maximum absolute atomic E-state index is 5.55. The third-order valence-electron chi connectivity index (χ3n) is 1.69. The van der Waals surface area contributed by atoms with Crippen molar-refractivity contribution in [3.8, 4) is 5.95 Å². The Morgan fingerprint density at radius 2 is 2.27 bits per heavy atom. The van der Waals surface area contributed by atoms with Gasteiger partial charge in [-0.3, -0.25) is 0 Å². The van der Waals surface area contributed by atoms with Crippen LogP contribution in [-0.2, 0) is 0 Å². The largest absolute Gasteiger partial charge is 0.368 e. The van der Waals surface area contributed by atoms with Crippen molar-refractivity contribution < 1.29 is 0 Å². The summed E-state index contributed by atoms with van der Waals surface area (Å²) in [6.45, 7) is 2.68. The number of rotatable bonds is 3. The molecule has 7 nitrogen and oxygen atoms in total. The number of nitrogens with zero attached hydrogens (tertiary/aromatic N) is 5. The Morgan fingerprint density at radius 1 is 1.40 bits per heavy atom. The molecule has 3 N–H and O–H groups in total. The van der Waals surface area contributed by atoms with E-state index in [1.807, 2.05) is 6.92 Å². The SMILES string of the molecule is CCNc1nc(N)nc(-n2cccn2)n1. The van der Waals surface area contributed by atoms with E-state index < -0.39 is 0 Å². The van der Waals surface area contributed by atoms with E-state index in [4.69, 9.17) is 5.73 Å². The van der Waals surface area contributed by atoms with Gasteiger partial charge in [0.25, 0.3) is 5.95 Å². The number of nitrogen functional groups attached to an aromatic ring is 1. The molecule has 78 valence electrons. The Morgan fingerprint density at radius 3 is 2.93 bits per heavy atom. The van der Waals surface area contributed by atoms with Gasteiger partial charge in [-0.05, 0) is 13.0 Å². The maximum atomic E-state index is 5.55. The fourth-order valence-electron chi connectivity index (χ4n) is 1.11. The topological polar surface area (TPSA) is 94.5 Å². The smallest absolute Gasteiger partial charge is 0.257 e. The predicted octanol–water partition coefficient (Wildman–Crippen LogP) is 0.0713. The first kappa shape index (κ1) is 9.38. The van der Waals surface area contributed by atoms with Crippen LogP contribution in [0.1, 0.15) is 6.92 Å². The maximum Gasteiger partial charge on any atom is 0.257 e. The van der Waals surface area contributed by atoms with Gasteiger partial charge in [0.05, 0.1) is 0 Å². The third-order valence-corrected chi connectivity index (χ3v) is 1.69. The molecule has 2 heterocycles. The molecule has 0 saturated heterocycles. The van der Waals surface area contributed by atoms with Crippen molar-refractivity contribution in [3.05, 3.63) is 18.5 Å². The second-order valence-corrected chi connectivity index (χ2v) is 2.80. The lowest BCUT2D eigenvalue weighted by Gasteiger charge is -2.04. The average molecular weight is 205 g/mol. The average Bonchev–Trinajstić information content (AvgIpc) is 2.70. The summed E-state index contributed by atoms with van der Waals surface area (Å²) < 4.78 is 1.53. The zero-order valence-electron chi connectivity index (χ0n) is 8.25. The van der Waals surface area contributed by atoms with Crippen molar-refractivity contribution in [2.75, 3.05) is 17.6 Å². The highest BCUT2D eigenvalue weighted by molar-refractivity contribution is 5.34. The summed E-state index contributed by atoms with van der Waals surface area (Å²) in [5.74, 6) is 1.03. The first-order valence-corrected chi connectivity index (χ1v) is 4.55. The van der Waals surface area contributed by atoms with E-state index in [9.17, 15) is 0 Å². The number of hydrogen-bond acceptors (Lipinski definition) is 6. The van der Waals surface area contributed by atoms with Crippen LogP contribution in [0.25, 0.3) is 5.95 Å². The summed E-state index contributed by atoms with van der Waals surface area (Å²) in [6.07, 6.45) is 3.39. The van der Waals surface area contributed by atoms with E-state index in [0.29, 0.717) is 11.9 Å². The molecule has 0 unspecified atom stereocenters. The van der Waals surface area contributed by atoms with Gasteiger partial charge in [0.15, 0.2) is 0 Å². The van der Waals surface area contributed by atoms with Gasteiger partial charge in [0.2, 0.25) is 11.9 Å². The summed E-state index contributed by atoms with van der Waals surface area (Å²) in [4.78, 5) is 12.1. The first-order chi connectivity index (χ1) is 7.29. The summed E-state index contributed by atoms with van der Waals surface area (Å²) in [6, 6.07) is 1.78. The van der Waals surface area contributed by atoms with Crippen molar-refractivity contribution in [1.82, 2.24) is 24.7 Å². The molecular formula is C8H11N7. The van der Waals surface area contributed by atoms with E-state index in [2.05, 4.69) is 25.4 Å². The van der Waals surface area contributed by atoms with Crippen molar-refractivity contribution in [2.45, 2.75) is 6.92 Å². The summed E-state index contributed by atoms with van der Waals surface area (Å²) >= 11 is 0. The Balaban J connectivity index is 2.40. The molecule has 0 aliphatic carbocycles. The van der Waals surface area contributed by atoms with Gasteiger partial charge >= 0.3 is 0 Å². The molecule has 0 aliphatic rings. The predicted molar refractivity (Wildman–Crippen MR) is 55.5 cm³/mol. The second-order valence-electron chi connectivity index (χ2n) is 2.80. The summed E-state index contributed by atoms with van der Waals surface area (Å²) in [5.41, 5.74) is 5.55. The van der Waals surface area contributed by atoms with E-state index in [0.717, 1.165) is 6.54 Å². The number of nitrogens with two attached hydrogens (primary N) is 1. The number of aromatic nitrogens is 5. The molecule has 0 amide bonds. The monoisotopic (exact) mass is 205 g/mol. The van der Waals surface area contributed by atoms with Crippen molar-refractivity contribution in [2.24, 2.45) is 0 Å². The Kier molecular flexibility index (Phi) is 2.44. The van der Waals surface area contributed by atoms with Crippen LogP contribution in [0.2, 0.25) is 0 Å².